The van der Waals surface area contributed by atoms with Crippen molar-refractivity contribution < 1.29 is 18.0 Å². The molecule has 1 amide bonds. The smallest absolute Gasteiger partial charge is 0.260 e. The highest BCUT2D eigenvalue weighted by Gasteiger charge is 2.29. The van der Waals surface area contributed by atoms with Gasteiger partial charge in [-0.25, -0.2) is 8.42 Å². The van der Waals surface area contributed by atoms with Crippen molar-refractivity contribution in [3.8, 4) is 0 Å². The Bertz CT molecular complexity index is 1230. The van der Waals surface area contributed by atoms with E-state index in [1.807, 2.05) is 25.1 Å². The molecular weight excluding hydrogens is 454 g/mol. The average molecular weight is 486 g/mol. The second kappa shape index (κ2) is 10.5. The lowest BCUT2D eigenvalue weighted by Gasteiger charge is -2.30. The molecule has 34 heavy (non-hydrogen) atoms. The maximum absolute atomic E-state index is 13.1. The van der Waals surface area contributed by atoms with Gasteiger partial charge in [0.15, 0.2) is 6.61 Å². The van der Waals surface area contributed by atoms with Crippen LogP contribution in [0.4, 0.5) is 0 Å². The Hall–Kier alpha value is -2.98. The summed E-state index contributed by atoms with van der Waals surface area (Å²) in [5, 5.41) is 10.9. The van der Waals surface area contributed by atoms with Crippen LogP contribution in [0.25, 0.3) is 11.0 Å². The van der Waals surface area contributed by atoms with Gasteiger partial charge in [-0.05, 0) is 67.5 Å². The van der Waals surface area contributed by atoms with Gasteiger partial charge in [0.1, 0.15) is 11.0 Å². The molecule has 0 aliphatic carbocycles. The number of aromatic nitrogens is 3. The summed E-state index contributed by atoms with van der Waals surface area (Å²) in [6, 6.07) is 14.7. The molecule has 2 aromatic carbocycles. The number of fused-ring (bicyclic) bond motifs is 1. The number of benzene rings is 2. The summed E-state index contributed by atoms with van der Waals surface area (Å²) in [4.78, 5) is 19.2. The van der Waals surface area contributed by atoms with E-state index in [0.717, 1.165) is 30.5 Å². The molecular formula is C24H31N5O4S. The van der Waals surface area contributed by atoms with Crippen LogP contribution in [0.5, 0.6) is 0 Å². The van der Waals surface area contributed by atoms with E-state index in [1.165, 1.54) is 22.0 Å². The van der Waals surface area contributed by atoms with Gasteiger partial charge in [0.05, 0.1) is 4.90 Å². The van der Waals surface area contributed by atoms with Gasteiger partial charge in [-0.3, -0.25) is 4.79 Å². The molecule has 1 aliphatic rings. The van der Waals surface area contributed by atoms with Crippen molar-refractivity contribution in [1.82, 2.24) is 24.8 Å². The molecule has 3 aromatic rings. The van der Waals surface area contributed by atoms with Crippen LogP contribution in [0.2, 0.25) is 0 Å². The van der Waals surface area contributed by atoms with E-state index in [9.17, 15) is 13.2 Å². The molecule has 2 atom stereocenters. The van der Waals surface area contributed by atoms with Crippen LogP contribution in [0.15, 0.2) is 53.4 Å². The summed E-state index contributed by atoms with van der Waals surface area (Å²) in [5.41, 5.74) is 2.11. The van der Waals surface area contributed by atoms with Gasteiger partial charge in [-0.2, -0.15) is 4.31 Å². The first kappa shape index (κ1) is 24.2. The van der Waals surface area contributed by atoms with Crippen LogP contribution in [0.3, 0.4) is 0 Å². The molecule has 1 saturated heterocycles. The van der Waals surface area contributed by atoms with Crippen molar-refractivity contribution in [2.75, 3.05) is 19.7 Å². The number of hydrogen-bond acceptors (Lipinski definition) is 6. The zero-order valence-electron chi connectivity index (χ0n) is 19.6. The lowest BCUT2D eigenvalue weighted by molar-refractivity contribution is -0.126. The molecule has 0 bridgehead atoms. The van der Waals surface area contributed by atoms with Gasteiger partial charge < -0.3 is 10.2 Å². The molecule has 4 rings (SSSR count). The minimum atomic E-state index is -3.63. The van der Waals surface area contributed by atoms with Crippen molar-refractivity contribution in [1.29, 1.82) is 0 Å². The Kier molecular flexibility index (Phi) is 7.47. The number of carbonyl (C=O) groups is 1. The van der Waals surface area contributed by atoms with E-state index in [-0.39, 0.29) is 23.5 Å². The molecule has 0 spiro atoms. The van der Waals surface area contributed by atoms with Gasteiger partial charge in [-0.1, -0.05) is 42.1 Å². The Morgan fingerprint density at radius 3 is 2.79 bits per heavy atom. The highest BCUT2D eigenvalue weighted by atomic mass is 32.2. The number of hydrogen-bond donors (Lipinski definition) is 1. The molecule has 0 radical (unpaired) electrons. The summed E-state index contributed by atoms with van der Waals surface area (Å²) < 4.78 is 27.8. The number of carbonyl (C=O) groups excluding carboxylic acids is 1. The van der Waals surface area contributed by atoms with E-state index in [1.54, 1.807) is 6.07 Å². The van der Waals surface area contributed by atoms with Gasteiger partial charge in [0.2, 0.25) is 10.0 Å². The normalized spacial score (nSPS) is 18.0. The largest absolute Gasteiger partial charge is 0.385 e. The maximum Gasteiger partial charge on any atom is 0.260 e. The number of aryl methyl sites for hydroxylation is 1. The molecule has 2 heterocycles. The van der Waals surface area contributed by atoms with Crippen molar-refractivity contribution >= 4 is 27.0 Å². The molecule has 9 nitrogen and oxygen atoms in total. The molecule has 1 aliphatic heterocycles. The fourth-order valence-electron chi connectivity index (χ4n) is 4.18. The maximum atomic E-state index is 13.1. The minimum Gasteiger partial charge on any atom is -0.385 e. The van der Waals surface area contributed by atoms with E-state index in [2.05, 4.69) is 34.7 Å². The number of nitrogens with zero attached hydrogens (tertiary/aromatic N) is 4. The van der Waals surface area contributed by atoms with Crippen molar-refractivity contribution in [3.63, 3.8) is 0 Å². The Balaban J connectivity index is 1.37. The third-order valence-corrected chi connectivity index (χ3v) is 7.94. The predicted molar refractivity (Wildman–Crippen MR) is 128 cm³/mol. The second-order valence-electron chi connectivity index (χ2n) is 8.99. The zero-order chi connectivity index (χ0) is 24.1. The van der Waals surface area contributed by atoms with Crippen molar-refractivity contribution in [2.45, 2.75) is 50.5 Å². The third-order valence-electron chi connectivity index (χ3n) is 6.08. The zero-order valence-corrected chi connectivity index (χ0v) is 20.4. The Morgan fingerprint density at radius 1 is 1.24 bits per heavy atom. The van der Waals surface area contributed by atoms with Gasteiger partial charge in [-0.15, -0.1) is 5.10 Å². The van der Waals surface area contributed by atoms with Crippen LogP contribution in [0, 0.1) is 5.92 Å². The lowest BCUT2D eigenvalue weighted by Crippen LogP contribution is -2.39. The molecule has 0 unspecified atom stereocenters. The lowest BCUT2D eigenvalue weighted by atomic mass is 10.0. The SMILES string of the molecule is C[C@@H]1CCCN(S(=O)(=O)c2ccc3nnn(OCC(=O)N[C@H](C)CCc4ccccc4)c3c2)C1. The van der Waals surface area contributed by atoms with Crippen LogP contribution in [-0.4, -0.2) is 59.5 Å². The summed E-state index contributed by atoms with van der Waals surface area (Å²) in [5.74, 6) is 0.0478. The highest BCUT2D eigenvalue weighted by Crippen LogP contribution is 2.25. The van der Waals surface area contributed by atoms with E-state index >= 15 is 0 Å². The van der Waals surface area contributed by atoms with Gasteiger partial charge >= 0.3 is 0 Å². The third kappa shape index (κ3) is 5.74. The molecule has 1 N–H and O–H groups in total. The first-order valence-electron chi connectivity index (χ1n) is 11.6. The van der Waals surface area contributed by atoms with Crippen LogP contribution in [0.1, 0.15) is 38.7 Å². The highest BCUT2D eigenvalue weighted by molar-refractivity contribution is 7.89. The standard InChI is InChI=1S/C24H31N5O4S/c1-18-7-6-14-28(16-18)34(31,32)21-12-13-22-23(15-21)29(27-26-22)33-17-24(30)25-19(2)10-11-20-8-4-3-5-9-20/h3-5,8-9,12-13,15,18-19H,6-7,10-11,14,16-17H2,1-2H3,(H,25,30)/t18-,19-/m1/s1. The quantitative estimate of drug-likeness (QED) is 0.499. The molecule has 1 fully saturated rings. The van der Waals surface area contributed by atoms with Crippen molar-refractivity contribution in [2.24, 2.45) is 5.92 Å². The van der Waals surface area contributed by atoms with Gasteiger partial charge in [0.25, 0.3) is 5.91 Å². The van der Waals surface area contributed by atoms with Gasteiger partial charge in [0, 0.05) is 19.1 Å². The van der Waals surface area contributed by atoms with Crippen LogP contribution < -0.4 is 10.2 Å². The summed E-state index contributed by atoms with van der Waals surface area (Å²) in [6.45, 7) is 4.78. The molecule has 0 saturated carbocycles. The second-order valence-corrected chi connectivity index (χ2v) is 10.9. The average Bonchev–Trinajstić information content (AvgIpc) is 3.24. The van der Waals surface area contributed by atoms with Crippen LogP contribution >= 0.6 is 0 Å². The number of nitrogens with one attached hydrogen (secondary N) is 1. The first-order chi connectivity index (χ1) is 16.3. The summed E-state index contributed by atoms with van der Waals surface area (Å²) >= 11 is 0. The van der Waals surface area contributed by atoms with E-state index in [4.69, 9.17) is 4.84 Å². The number of sulfonamides is 1. The minimum absolute atomic E-state index is 0.0209. The topological polar surface area (TPSA) is 106 Å². The van der Waals surface area contributed by atoms with E-state index in [0.29, 0.717) is 30.0 Å². The summed E-state index contributed by atoms with van der Waals surface area (Å²) in [6.07, 6.45) is 3.55. The summed E-state index contributed by atoms with van der Waals surface area (Å²) in [7, 11) is -3.63. The first-order valence-corrected chi connectivity index (χ1v) is 13.1. The fraction of sp³-hybridized carbons (Fsp3) is 0.458. The van der Waals surface area contributed by atoms with E-state index < -0.39 is 10.0 Å². The monoisotopic (exact) mass is 485 g/mol. The predicted octanol–water partition coefficient (Wildman–Crippen LogP) is 2.42. The fourth-order valence-corrected chi connectivity index (χ4v) is 5.80. The van der Waals surface area contributed by atoms with Crippen LogP contribution in [-0.2, 0) is 21.2 Å². The number of amides is 1. The number of piperidine rings is 1. The van der Waals surface area contributed by atoms with Crippen molar-refractivity contribution in [3.05, 3.63) is 54.1 Å². The molecule has 1 aromatic heterocycles. The number of rotatable bonds is 9. The Labute approximate surface area is 200 Å². The molecule has 182 valence electrons. The molecule has 10 heteroatoms. The Morgan fingerprint density at radius 2 is 2.03 bits per heavy atom.